The van der Waals surface area contributed by atoms with Gasteiger partial charge >= 0.3 is 12.1 Å². The van der Waals surface area contributed by atoms with Gasteiger partial charge in [0.15, 0.2) is 11.6 Å². The van der Waals surface area contributed by atoms with E-state index < -0.39 is 46.6 Å². The first-order valence-electron chi connectivity index (χ1n) is 14.0. The zero-order valence-electron chi connectivity index (χ0n) is 24.3. The summed E-state index contributed by atoms with van der Waals surface area (Å²) >= 11 is 6.00. The Balaban J connectivity index is 1.81. The molecule has 2 aliphatic carbocycles. The van der Waals surface area contributed by atoms with Crippen molar-refractivity contribution >= 4 is 29.2 Å². The molecular weight excluding hydrogens is 596 g/mol. The van der Waals surface area contributed by atoms with Gasteiger partial charge in [-0.15, -0.1) is 11.6 Å². The average molecular weight is 631 g/mol. The van der Waals surface area contributed by atoms with Crippen molar-refractivity contribution in [2.24, 2.45) is 5.92 Å². The van der Waals surface area contributed by atoms with Gasteiger partial charge in [-0.1, -0.05) is 19.3 Å². The lowest BCUT2D eigenvalue weighted by Crippen LogP contribution is -2.49. The van der Waals surface area contributed by atoms with Crippen LogP contribution >= 0.6 is 11.6 Å². The van der Waals surface area contributed by atoms with Crippen LogP contribution in [0, 0.1) is 11.7 Å². The Morgan fingerprint density at radius 1 is 1.07 bits per heavy atom. The Morgan fingerprint density at radius 3 is 2.26 bits per heavy atom. The molecule has 0 N–H and O–H groups in total. The molecule has 1 aromatic heterocycles. The summed E-state index contributed by atoms with van der Waals surface area (Å²) in [4.78, 5) is 32.1. The SMILES string of the molecule is COCC(COC)N(C(=O)C1CCCCC1)c1cc(F)c(Oc2ncc(C3(CCl)CC3)cc2C(F)(F)F)cc1C(=O)OC. The Labute approximate surface area is 252 Å². The van der Waals surface area contributed by atoms with Crippen LogP contribution in [-0.2, 0) is 30.6 Å². The second-order valence-corrected chi connectivity index (χ2v) is 11.3. The largest absolute Gasteiger partial charge is 0.465 e. The molecule has 1 heterocycles. The van der Waals surface area contributed by atoms with Crippen molar-refractivity contribution in [2.75, 3.05) is 45.3 Å². The van der Waals surface area contributed by atoms with Gasteiger partial charge in [-0.2, -0.15) is 13.2 Å². The fourth-order valence-electron chi connectivity index (χ4n) is 5.50. The first kappa shape index (κ1) is 32.9. The van der Waals surface area contributed by atoms with E-state index in [-0.39, 0.29) is 42.2 Å². The summed E-state index contributed by atoms with van der Waals surface area (Å²) in [5, 5.41) is 0. The fourth-order valence-corrected chi connectivity index (χ4v) is 5.92. The number of methoxy groups -OCH3 is 3. The van der Waals surface area contributed by atoms with Gasteiger partial charge < -0.3 is 23.8 Å². The zero-order chi connectivity index (χ0) is 31.4. The van der Waals surface area contributed by atoms with Gasteiger partial charge in [-0.25, -0.2) is 14.2 Å². The molecule has 0 spiro atoms. The smallest absolute Gasteiger partial charge is 0.421 e. The predicted molar refractivity (Wildman–Crippen MR) is 150 cm³/mol. The van der Waals surface area contributed by atoms with Gasteiger partial charge in [0.05, 0.1) is 37.6 Å². The van der Waals surface area contributed by atoms with Crippen LogP contribution in [0.2, 0.25) is 0 Å². The number of pyridine rings is 1. The van der Waals surface area contributed by atoms with Crippen molar-refractivity contribution in [1.82, 2.24) is 4.98 Å². The molecule has 4 rings (SSSR count). The monoisotopic (exact) mass is 630 g/mol. The lowest BCUT2D eigenvalue weighted by Gasteiger charge is -2.36. The highest BCUT2D eigenvalue weighted by molar-refractivity contribution is 6.19. The molecule has 1 amide bonds. The molecule has 0 saturated heterocycles. The van der Waals surface area contributed by atoms with E-state index in [4.69, 9.17) is 30.5 Å². The summed E-state index contributed by atoms with van der Waals surface area (Å²) in [6, 6.07) is 1.97. The molecule has 2 fully saturated rings. The average Bonchev–Trinajstić information content (AvgIpc) is 3.80. The third kappa shape index (κ3) is 7.24. The standard InChI is InChI=1S/C30H35ClF4N2O6/c1-40-15-20(16-41-2)37(27(38)18-7-5-4-6-8-18)24-13-23(32)25(12-21(24)28(39)42-3)43-26-22(30(33,34)35)11-19(14-36-26)29(17-31)9-10-29/h11-14,18,20H,4-10,15-17H2,1-3H3. The quantitative estimate of drug-likeness (QED) is 0.147. The number of benzene rings is 1. The molecule has 8 nitrogen and oxygen atoms in total. The van der Waals surface area contributed by atoms with E-state index in [9.17, 15) is 22.8 Å². The number of rotatable bonds is 12. The Kier molecular flexibility index (Phi) is 10.6. The maximum Gasteiger partial charge on any atom is 0.421 e. The van der Waals surface area contributed by atoms with Crippen LogP contribution in [0.15, 0.2) is 24.4 Å². The van der Waals surface area contributed by atoms with Gasteiger partial charge in [0.1, 0.15) is 5.56 Å². The van der Waals surface area contributed by atoms with E-state index in [1.54, 1.807) is 0 Å². The van der Waals surface area contributed by atoms with Gasteiger partial charge in [0, 0.05) is 49.8 Å². The Hall–Kier alpha value is -2.96. The summed E-state index contributed by atoms with van der Waals surface area (Å²) in [6.07, 6.45) is 1.51. The first-order chi connectivity index (χ1) is 20.5. The van der Waals surface area contributed by atoms with Crippen LogP contribution < -0.4 is 9.64 Å². The molecule has 2 aromatic rings. The molecule has 2 aliphatic rings. The van der Waals surface area contributed by atoms with Crippen LogP contribution in [0.25, 0.3) is 0 Å². The number of esters is 1. The van der Waals surface area contributed by atoms with Crippen molar-refractivity contribution in [3.63, 3.8) is 0 Å². The van der Waals surface area contributed by atoms with Crippen LogP contribution in [0.1, 0.15) is 66.4 Å². The molecule has 0 radical (unpaired) electrons. The molecular formula is C30H35ClF4N2O6. The summed E-state index contributed by atoms with van der Waals surface area (Å²) in [6.45, 7) is 0.00355. The highest BCUT2D eigenvalue weighted by Gasteiger charge is 2.46. The topological polar surface area (TPSA) is 87.2 Å². The lowest BCUT2D eigenvalue weighted by molar-refractivity contribution is -0.139. The minimum Gasteiger partial charge on any atom is -0.465 e. The number of hydrogen-bond donors (Lipinski definition) is 0. The summed E-state index contributed by atoms with van der Waals surface area (Å²) in [5.41, 5.74) is -1.91. The van der Waals surface area contributed by atoms with Crippen molar-refractivity contribution in [2.45, 2.75) is 62.6 Å². The van der Waals surface area contributed by atoms with E-state index in [1.807, 2.05) is 0 Å². The molecule has 0 unspecified atom stereocenters. The minimum atomic E-state index is -4.88. The van der Waals surface area contributed by atoms with Gasteiger partial charge in [0.2, 0.25) is 11.8 Å². The van der Waals surface area contributed by atoms with E-state index in [0.717, 1.165) is 44.6 Å². The van der Waals surface area contributed by atoms with Gasteiger partial charge in [-0.05, 0) is 37.3 Å². The van der Waals surface area contributed by atoms with Crippen molar-refractivity contribution in [3.8, 4) is 11.6 Å². The number of amides is 1. The molecule has 0 bridgehead atoms. The third-order valence-corrected chi connectivity index (χ3v) is 8.59. The first-order valence-corrected chi connectivity index (χ1v) is 14.6. The van der Waals surface area contributed by atoms with Gasteiger partial charge in [-0.3, -0.25) is 4.79 Å². The second kappa shape index (κ2) is 13.8. The van der Waals surface area contributed by atoms with Crippen LogP contribution in [0.5, 0.6) is 11.6 Å². The predicted octanol–water partition coefficient (Wildman–Crippen LogP) is 6.66. The van der Waals surface area contributed by atoms with Crippen LogP contribution in [0.3, 0.4) is 0 Å². The number of carbonyl (C=O) groups is 2. The molecule has 13 heteroatoms. The fraction of sp³-hybridized carbons (Fsp3) is 0.567. The number of nitrogens with zero attached hydrogens (tertiary/aromatic N) is 2. The highest BCUT2D eigenvalue weighted by atomic mass is 35.5. The molecule has 1 aromatic carbocycles. The Morgan fingerprint density at radius 2 is 1.72 bits per heavy atom. The maximum atomic E-state index is 15.7. The zero-order valence-corrected chi connectivity index (χ0v) is 25.0. The van der Waals surface area contributed by atoms with E-state index in [0.29, 0.717) is 31.2 Å². The number of ether oxygens (including phenoxy) is 4. The van der Waals surface area contributed by atoms with Crippen LogP contribution in [0.4, 0.5) is 23.2 Å². The third-order valence-electron chi connectivity index (χ3n) is 8.08. The number of hydrogen-bond acceptors (Lipinski definition) is 7. The summed E-state index contributed by atoms with van der Waals surface area (Å²) < 4.78 is 78.9. The Bertz CT molecular complexity index is 1310. The molecule has 2 saturated carbocycles. The molecule has 0 aliphatic heterocycles. The van der Waals surface area contributed by atoms with E-state index in [1.165, 1.54) is 25.3 Å². The number of aromatic nitrogens is 1. The number of alkyl halides is 4. The number of anilines is 1. The van der Waals surface area contributed by atoms with Crippen molar-refractivity contribution < 1.29 is 46.1 Å². The van der Waals surface area contributed by atoms with Gasteiger partial charge in [0.25, 0.3) is 0 Å². The second-order valence-electron chi connectivity index (χ2n) is 11.0. The van der Waals surface area contributed by atoms with E-state index >= 15 is 4.39 Å². The van der Waals surface area contributed by atoms with Crippen molar-refractivity contribution in [3.05, 3.63) is 46.9 Å². The number of carbonyl (C=O) groups excluding carboxylic acids is 2. The normalized spacial score (nSPS) is 16.7. The summed E-state index contributed by atoms with van der Waals surface area (Å²) in [7, 11) is 3.95. The molecule has 43 heavy (non-hydrogen) atoms. The molecule has 0 atom stereocenters. The van der Waals surface area contributed by atoms with E-state index in [2.05, 4.69) is 4.98 Å². The maximum absolute atomic E-state index is 15.7. The number of halogens is 5. The molecule has 236 valence electrons. The summed E-state index contributed by atoms with van der Waals surface area (Å²) in [5.74, 6) is -4.25. The highest BCUT2D eigenvalue weighted by Crippen LogP contribution is 2.51. The van der Waals surface area contributed by atoms with Crippen molar-refractivity contribution in [1.29, 1.82) is 0 Å². The lowest BCUT2D eigenvalue weighted by atomic mass is 9.87. The minimum absolute atomic E-state index is 0.00177. The van der Waals surface area contributed by atoms with Crippen LogP contribution in [-0.4, -0.2) is 63.3 Å².